The molecule has 160 valence electrons. The fourth-order valence-corrected chi connectivity index (χ4v) is 3.93. The lowest BCUT2D eigenvalue weighted by Gasteiger charge is -2.36. The van der Waals surface area contributed by atoms with Crippen LogP contribution in [0.4, 0.5) is 18.0 Å². The minimum atomic E-state index is -4.45. The van der Waals surface area contributed by atoms with Crippen molar-refractivity contribution in [3.8, 4) is 0 Å². The minimum absolute atomic E-state index is 0.0236. The Morgan fingerprint density at radius 3 is 2.50 bits per heavy atom. The Balaban J connectivity index is 1.75. The van der Waals surface area contributed by atoms with Crippen LogP contribution in [0.3, 0.4) is 0 Å². The number of hydrogen-bond acceptors (Lipinski definition) is 2. The second kappa shape index (κ2) is 8.77. The largest absolute Gasteiger partial charge is 0.465 e. The number of benzene rings is 2. The first kappa shape index (κ1) is 21.7. The summed E-state index contributed by atoms with van der Waals surface area (Å²) in [5.74, 6) is -1.07. The van der Waals surface area contributed by atoms with E-state index in [9.17, 15) is 27.9 Å². The van der Waals surface area contributed by atoms with Gasteiger partial charge in [0.15, 0.2) is 0 Å². The fourth-order valence-electron chi connectivity index (χ4n) is 3.93. The van der Waals surface area contributed by atoms with Crippen molar-refractivity contribution in [3.05, 3.63) is 70.8 Å². The maximum Gasteiger partial charge on any atom is 0.416 e. The highest BCUT2D eigenvalue weighted by Gasteiger charge is 2.36. The molecule has 2 N–H and O–H groups in total. The molecule has 0 aliphatic carbocycles. The van der Waals surface area contributed by atoms with Crippen LogP contribution < -0.4 is 5.32 Å². The van der Waals surface area contributed by atoms with Gasteiger partial charge in [-0.15, -0.1) is 0 Å². The van der Waals surface area contributed by atoms with E-state index in [0.717, 1.165) is 17.7 Å². The van der Waals surface area contributed by atoms with Crippen molar-refractivity contribution in [3.63, 3.8) is 0 Å². The molecule has 8 heteroatoms. The van der Waals surface area contributed by atoms with Crippen molar-refractivity contribution in [1.82, 2.24) is 10.2 Å². The third-order valence-corrected chi connectivity index (χ3v) is 5.38. The van der Waals surface area contributed by atoms with Gasteiger partial charge in [-0.1, -0.05) is 42.0 Å². The van der Waals surface area contributed by atoms with Crippen LogP contribution >= 0.6 is 0 Å². The molecule has 5 nitrogen and oxygen atoms in total. The summed E-state index contributed by atoms with van der Waals surface area (Å²) < 4.78 is 39.1. The van der Waals surface area contributed by atoms with Crippen molar-refractivity contribution in [1.29, 1.82) is 0 Å². The quantitative estimate of drug-likeness (QED) is 0.770. The first-order chi connectivity index (χ1) is 14.1. The van der Waals surface area contributed by atoms with Gasteiger partial charge in [-0.05, 0) is 36.6 Å². The maximum atomic E-state index is 13.0. The van der Waals surface area contributed by atoms with Gasteiger partial charge in [0, 0.05) is 31.5 Å². The molecule has 1 saturated heterocycles. The molecule has 2 atom stereocenters. The van der Waals surface area contributed by atoms with E-state index in [2.05, 4.69) is 5.32 Å². The number of aryl methyl sites for hydroxylation is 1. The Kier molecular flexibility index (Phi) is 6.34. The predicted molar refractivity (Wildman–Crippen MR) is 105 cm³/mol. The third-order valence-electron chi connectivity index (χ3n) is 5.38. The number of piperidine rings is 1. The standard InChI is InChI=1S/C22H23F3N2O3/c1-14-9-15(11-17(10-14)22(23,24)25)12-26-20(28)18-7-8-27(21(29)30)13-19(18)16-5-3-2-4-6-16/h2-6,9-11,18-19H,7-8,12-13H2,1H3,(H,26,28)(H,29,30)/t18-,19-/m0/s1. The number of nitrogens with zero attached hydrogens (tertiary/aromatic N) is 1. The Morgan fingerprint density at radius 2 is 1.87 bits per heavy atom. The number of rotatable bonds is 4. The smallest absolute Gasteiger partial charge is 0.416 e. The van der Waals surface area contributed by atoms with Gasteiger partial charge in [0.25, 0.3) is 0 Å². The van der Waals surface area contributed by atoms with Gasteiger partial charge < -0.3 is 15.3 Å². The van der Waals surface area contributed by atoms with E-state index in [1.165, 1.54) is 4.90 Å². The second-order valence-corrected chi connectivity index (χ2v) is 7.56. The number of carbonyl (C=O) groups is 2. The number of likely N-dealkylation sites (tertiary alicyclic amines) is 1. The summed E-state index contributed by atoms with van der Waals surface area (Å²) in [6.45, 7) is 1.98. The van der Waals surface area contributed by atoms with Gasteiger partial charge in [-0.3, -0.25) is 4.79 Å². The number of halogens is 3. The molecule has 1 fully saturated rings. The molecular formula is C22H23F3N2O3. The van der Waals surface area contributed by atoms with E-state index in [1.54, 1.807) is 13.0 Å². The van der Waals surface area contributed by atoms with Crippen molar-refractivity contribution >= 4 is 12.0 Å². The second-order valence-electron chi connectivity index (χ2n) is 7.56. The summed E-state index contributed by atoms with van der Waals surface area (Å²) >= 11 is 0. The molecule has 30 heavy (non-hydrogen) atoms. The number of carbonyl (C=O) groups excluding carboxylic acids is 1. The van der Waals surface area contributed by atoms with E-state index < -0.39 is 23.8 Å². The van der Waals surface area contributed by atoms with Gasteiger partial charge in [0.1, 0.15) is 0 Å². The third kappa shape index (κ3) is 5.11. The first-order valence-corrected chi connectivity index (χ1v) is 9.63. The Morgan fingerprint density at radius 1 is 1.17 bits per heavy atom. The van der Waals surface area contributed by atoms with E-state index in [1.807, 2.05) is 30.3 Å². The van der Waals surface area contributed by atoms with Crippen LogP contribution in [0.2, 0.25) is 0 Å². The van der Waals surface area contributed by atoms with Crippen molar-refractivity contribution < 1.29 is 27.9 Å². The summed E-state index contributed by atoms with van der Waals surface area (Å²) in [4.78, 5) is 25.6. The predicted octanol–water partition coefficient (Wildman–Crippen LogP) is 4.41. The highest BCUT2D eigenvalue weighted by Crippen LogP contribution is 2.33. The molecule has 1 heterocycles. The lowest BCUT2D eigenvalue weighted by Crippen LogP contribution is -2.46. The zero-order valence-electron chi connectivity index (χ0n) is 16.4. The molecule has 0 bridgehead atoms. The Hall–Kier alpha value is -3.03. The molecule has 2 aromatic carbocycles. The van der Waals surface area contributed by atoms with E-state index in [0.29, 0.717) is 17.5 Å². The normalized spacial score (nSPS) is 19.4. The van der Waals surface area contributed by atoms with E-state index in [4.69, 9.17) is 0 Å². The summed E-state index contributed by atoms with van der Waals surface area (Å²) in [7, 11) is 0. The molecule has 2 amide bonds. The average Bonchev–Trinajstić information content (AvgIpc) is 2.71. The molecule has 0 aromatic heterocycles. The SMILES string of the molecule is Cc1cc(CNC(=O)[C@H]2CCN(C(=O)O)C[C@H]2c2ccccc2)cc(C(F)(F)F)c1. The molecule has 0 radical (unpaired) electrons. The van der Waals surface area contributed by atoms with E-state index >= 15 is 0 Å². The first-order valence-electron chi connectivity index (χ1n) is 9.63. The van der Waals surface area contributed by atoms with Crippen molar-refractivity contribution in [2.24, 2.45) is 5.92 Å². The van der Waals surface area contributed by atoms with Crippen molar-refractivity contribution in [2.45, 2.75) is 32.0 Å². The summed E-state index contributed by atoms with van der Waals surface area (Å²) in [5, 5.41) is 12.1. The zero-order valence-corrected chi connectivity index (χ0v) is 16.4. The van der Waals surface area contributed by atoms with Crippen LogP contribution in [-0.2, 0) is 17.5 Å². The van der Waals surface area contributed by atoms with E-state index in [-0.39, 0.29) is 31.5 Å². The van der Waals surface area contributed by atoms with Crippen LogP contribution in [-0.4, -0.2) is 35.1 Å². The molecule has 0 spiro atoms. The van der Waals surface area contributed by atoms with Gasteiger partial charge >= 0.3 is 12.3 Å². The van der Waals surface area contributed by atoms with Gasteiger partial charge in [0.2, 0.25) is 5.91 Å². The number of hydrogen-bond donors (Lipinski definition) is 2. The zero-order chi connectivity index (χ0) is 21.9. The maximum absolute atomic E-state index is 13.0. The summed E-state index contributed by atoms with van der Waals surface area (Å²) in [5.41, 5.74) is 0.947. The number of amides is 2. The molecule has 0 unspecified atom stereocenters. The number of nitrogens with one attached hydrogen (secondary N) is 1. The minimum Gasteiger partial charge on any atom is -0.465 e. The highest BCUT2D eigenvalue weighted by atomic mass is 19.4. The van der Waals surface area contributed by atoms with Crippen LogP contribution in [0.1, 0.15) is 34.6 Å². The summed E-state index contributed by atoms with van der Waals surface area (Å²) in [6.07, 6.45) is -5.14. The Bertz CT molecular complexity index is 916. The van der Waals surface area contributed by atoms with Crippen LogP contribution in [0.5, 0.6) is 0 Å². The van der Waals surface area contributed by atoms with Crippen LogP contribution in [0.15, 0.2) is 48.5 Å². The molecule has 2 aromatic rings. The van der Waals surface area contributed by atoms with Crippen molar-refractivity contribution in [2.75, 3.05) is 13.1 Å². The molecule has 1 aliphatic heterocycles. The lowest BCUT2D eigenvalue weighted by atomic mass is 9.80. The molecule has 0 saturated carbocycles. The fraction of sp³-hybridized carbons (Fsp3) is 0.364. The van der Waals surface area contributed by atoms with Crippen LogP contribution in [0, 0.1) is 12.8 Å². The Labute approximate surface area is 172 Å². The molecule has 1 aliphatic rings. The van der Waals surface area contributed by atoms with Gasteiger partial charge in [-0.25, -0.2) is 4.79 Å². The topological polar surface area (TPSA) is 69.6 Å². The molecule has 3 rings (SSSR count). The van der Waals surface area contributed by atoms with Gasteiger partial charge in [0.05, 0.1) is 5.56 Å². The molecular weight excluding hydrogens is 397 g/mol. The van der Waals surface area contributed by atoms with Gasteiger partial charge in [-0.2, -0.15) is 13.2 Å². The average molecular weight is 420 g/mol. The number of carboxylic acid groups (broad SMARTS) is 1. The monoisotopic (exact) mass is 420 g/mol. The lowest BCUT2D eigenvalue weighted by molar-refractivity contribution is -0.137. The van der Waals surface area contributed by atoms with Crippen LogP contribution in [0.25, 0.3) is 0 Å². The summed E-state index contributed by atoms with van der Waals surface area (Å²) in [6, 6.07) is 12.9. The number of alkyl halides is 3. The highest BCUT2D eigenvalue weighted by molar-refractivity contribution is 5.80.